The van der Waals surface area contributed by atoms with E-state index < -0.39 is 6.10 Å². The molecule has 0 aromatic heterocycles. The van der Waals surface area contributed by atoms with Gasteiger partial charge in [0.15, 0.2) is 11.5 Å². The van der Waals surface area contributed by atoms with Crippen molar-refractivity contribution in [3.05, 3.63) is 23.8 Å². The van der Waals surface area contributed by atoms with Gasteiger partial charge in [-0.1, -0.05) is 6.07 Å². The van der Waals surface area contributed by atoms with Gasteiger partial charge in [0.05, 0.1) is 19.3 Å². The van der Waals surface area contributed by atoms with Crippen LogP contribution >= 0.6 is 0 Å². The first-order chi connectivity index (χ1) is 7.72. The van der Waals surface area contributed by atoms with Gasteiger partial charge in [0, 0.05) is 6.54 Å². The van der Waals surface area contributed by atoms with Crippen molar-refractivity contribution in [2.24, 2.45) is 5.73 Å². The predicted molar refractivity (Wildman–Crippen MR) is 62.8 cm³/mol. The fourth-order valence-corrected chi connectivity index (χ4v) is 1.41. The van der Waals surface area contributed by atoms with Crippen molar-refractivity contribution in [2.45, 2.75) is 20.0 Å². The third kappa shape index (κ3) is 3.12. The van der Waals surface area contributed by atoms with Crippen LogP contribution in [-0.4, -0.2) is 24.9 Å². The highest BCUT2D eigenvalue weighted by Crippen LogP contribution is 2.30. The van der Waals surface area contributed by atoms with Crippen molar-refractivity contribution < 1.29 is 14.6 Å². The number of rotatable bonds is 6. The molecule has 0 aliphatic heterocycles. The fraction of sp³-hybridized carbons (Fsp3) is 0.500. The number of ether oxygens (including phenoxy) is 2. The van der Waals surface area contributed by atoms with Gasteiger partial charge in [-0.25, -0.2) is 0 Å². The maximum atomic E-state index is 9.62. The molecular formula is C12H19NO3. The molecule has 0 amide bonds. The van der Waals surface area contributed by atoms with E-state index in [1.807, 2.05) is 13.8 Å². The van der Waals surface area contributed by atoms with E-state index in [2.05, 4.69) is 0 Å². The van der Waals surface area contributed by atoms with Crippen molar-refractivity contribution in [3.8, 4) is 11.5 Å². The molecule has 0 aliphatic carbocycles. The lowest BCUT2D eigenvalue weighted by atomic mass is 10.1. The minimum Gasteiger partial charge on any atom is -0.490 e. The quantitative estimate of drug-likeness (QED) is 0.769. The van der Waals surface area contributed by atoms with E-state index in [-0.39, 0.29) is 6.54 Å². The van der Waals surface area contributed by atoms with Crippen molar-refractivity contribution in [1.82, 2.24) is 0 Å². The summed E-state index contributed by atoms with van der Waals surface area (Å²) in [6, 6.07) is 5.36. The van der Waals surface area contributed by atoms with E-state index in [9.17, 15) is 5.11 Å². The molecule has 1 rings (SSSR count). The molecule has 1 atom stereocenters. The molecular weight excluding hydrogens is 206 g/mol. The van der Waals surface area contributed by atoms with Crippen LogP contribution in [0, 0.1) is 0 Å². The fourth-order valence-electron chi connectivity index (χ4n) is 1.41. The first kappa shape index (κ1) is 12.8. The summed E-state index contributed by atoms with van der Waals surface area (Å²) in [6.45, 7) is 5.15. The Morgan fingerprint density at radius 1 is 1.19 bits per heavy atom. The highest BCUT2D eigenvalue weighted by atomic mass is 16.5. The highest BCUT2D eigenvalue weighted by molar-refractivity contribution is 5.43. The van der Waals surface area contributed by atoms with Gasteiger partial charge in [-0.15, -0.1) is 0 Å². The van der Waals surface area contributed by atoms with Crippen LogP contribution < -0.4 is 15.2 Å². The van der Waals surface area contributed by atoms with Gasteiger partial charge in [-0.05, 0) is 31.5 Å². The first-order valence-corrected chi connectivity index (χ1v) is 5.50. The van der Waals surface area contributed by atoms with Gasteiger partial charge in [-0.3, -0.25) is 0 Å². The lowest BCUT2D eigenvalue weighted by Crippen LogP contribution is -2.11. The number of aliphatic hydroxyl groups is 1. The van der Waals surface area contributed by atoms with Crippen LogP contribution in [0.25, 0.3) is 0 Å². The maximum absolute atomic E-state index is 9.62. The second-order valence-corrected chi connectivity index (χ2v) is 3.32. The van der Waals surface area contributed by atoms with Gasteiger partial charge in [0.25, 0.3) is 0 Å². The molecule has 4 nitrogen and oxygen atoms in total. The summed E-state index contributed by atoms with van der Waals surface area (Å²) in [7, 11) is 0. The molecule has 0 fully saturated rings. The van der Waals surface area contributed by atoms with Crippen LogP contribution in [0.4, 0.5) is 0 Å². The molecule has 0 radical (unpaired) electrons. The molecule has 0 bridgehead atoms. The SMILES string of the molecule is CCOc1ccc([C@@H](O)CN)cc1OCC. The van der Waals surface area contributed by atoms with Crippen molar-refractivity contribution in [3.63, 3.8) is 0 Å². The normalized spacial score (nSPS) is 12.2. The third-order valence-corrected chi connectivity index (χ3v) is 2.18. The predicted octanol–water partition coefficient (Wildman–Crippen LogP) is 1.48. The Labute approximate surface area is 96.0 Å². The van der Waals surface area contributed by atoms with Gasteiger partial charge < -0.3 is 20.3 Å². The summed E-state index contributed by atoms with van der Waals surface area (Å²) in [5, 5.41) is 9.62. The van der Waals surface area contributed by atoms with Crippen LogP contribution in [0.2, 0.25) is 0 Å². The summed E-state index contributed by atoms with van der Waals surface area (Å²) >= 11 is 0. The van der Waals surface area contributed by atoms with E-state index in [0.717, 1.165) is 5.56 Å². The van der Waals surface area contributed by atoms with Gasteiger partial charge in [0.1, 0.15) is 0 Å². The monoisotopic (exact) mass is 225 g/mol. The zero-order chi connectivity index (χ0) is 12.0. The lowest BCUT2D eigenvalue weighted by molar-refractivity contribution is 0.185. The zero-order valence-electron chi connectivity index (χ0n) is 9.77. The molecule has 1 aromatic rings. The van der Waals surface area contributed by atoms with Crippen LogP contribution in [0.1, 0.15) is 25.5 Å². The zero-order valence-corrected chi connectivity index (χ0v) is 9.77. The Morgan fingerprint density at radius 2 is 1.81 bits per heavy atom. The minimum atomic E-state index is -0.658. The summed E-state index contributed by atoms with van der Waals surface area (Å²) < 4.78 is 10.9. The van der Waals surface area contributed by atoms with Crippen LogP contribution in [0.3, 0.4) is 0 Å². The molecule has 0 unspecified atom stereocenters. The molecule has 0 aliphatic rings. The number of benzene rings is 1. The molecule has 90 valence electrons. The van der Waals surface area contributed by atoms with Crippen LogP contribution in [0.5, 0.6) is 11.5 Å². The molecule has 0 saturated heterocycles. The van der Waals surface area contributed by atoms with Crippen molar-refractivity contribution >= 4 is 0 Å². The van der Waals surface area contributed by atoms with E-state index in [0.29, 0.717) is 24.7 Å². The summed E-state index contributed by atoms with van der Waals surface area (Å²) in [6.07, 6.45) is -0.658. The number of hydrogen-bond acceptors (Lipinski definition) is 4. The topological polar surface area (TPSA) is 64.7 Å². The average molecular weight is 225 g/mol. The smallest absolute Gasteiger partial charge is 0.161 e. The Balaban J connectivity index is 2.96. The summed E-state index contributed by atoms with van der Waals surface area (Å²) in [4.78, 5) is 0. The second-order valence-electron chi connectivity index (χ2n) is 3.32. The number of aliphatic hydroxyl groups excluding tert-OH is 1. The standard InChI is InChI=1S/C12H19NO3/c1-3-15-11-6-5-9(10(14)8-13)7-12(11)16-4-2/h5-7,10,14H,3-4,8,13H2,1-2H3/t10-/m0/s1. The maximum Gasteiger partial charge on any atom is 0.161 e. The summed E-state index contributed by atoms with van der Waals surface area (Å²) in [5.41, 5.74) is 6.15. The largest absolute Gasteiger partial charge is 0.490 e. The molecule has 0 spiro atoms. The molecule has 16 heavy (non-hydrogen) atoms. The van der Waals surface area contributed by atoms with Crippen molar-refractivity contribution in [1.29, 1.82) is 0 Å². The van der Waals surface area contributed by atoms with Gasteiger partial charge >= 0.3 is 0 Å². The summed E-state index contributed by atoms with van der Waals surface area (Å²) in [5.74, 6) is 1.34. The Bertz CT molecular complexity index is 328. The second kappa shape index (κ2) is 6.35. The molecule has 0 saturated carbocycles. The van der Waals surface area contributed by atoms with E-state index in [4.69, 9.17) is 15.2 Å². The number of hydrogen-bond donors (Lipinski definition) is 2. The molecule has 3 N–H and O–H groups in total. The van der Waals surface area contributed by atoms with Crippen LogP contribution in [-0.2, 0) is 0 Å². The van der Waals surface area contributed by atoms with E-state index in [1.54, 1.807) is 18.2 Å². The molecule has 1 aromatic carbocycles. The Hall–Kier alpha value is -1.26. The highest BCUT2D eigenvalue weighted by Gasteiger charge is 2.10. The first-order valence-electron chi connectivity index (χ1n) is 5.50. The van der Waals surface area contributed by atoms with Gasteiger partial charge in [0.2, 0.25) is 0 Å². The Kier molecular flexibility index (Phi) is 5.08. The average Bonchev–Trinajstić information content (AvgIpc) is 2.31. The van der Waals surface area contributed by atoms with Crippen LogP contribution in [0.15, 0.2) is 18.2 Å². The molecule has 0 heterocycles. The van der Waals surface area contributed by atoms with E-state index in [1.165, 1.54) is 0 Å². The molecule has 4 heteroatoms. The Morgan fingerprint density at radius 3 is 2.38 bits per heavy atom. The minimum absolute atomic E-state index is 0.194. The number of nitrogens with two attached hydrogens (primary N) is 1. The third-order valence-electron chi connectivity index (χ3n) is 2.18. The lowest BCUT2D eigenvalue weighted by Gasteiger charge is -2.14. The van der Waals surface area contributed by atoms with Gasteiger partial charge in [-0.2, -0.15) is 0 Å². The van der Waals surface area contributed by atoms with E-state index >= 15 is 0 Å². The van der Waals surface area contributed by atoms with Crippen molar-refractivity contribution in [2.75, 3.05) is 19.8 Å².